The smallest absolute Gasteiger partial charge is 0.261 e. The standard InChI is InChI=1S/C12H13N3O2S/c1-7-3-4-10(18-7)12(17)13-6-9-5-11(16)15-8(2)14-9/h3-5H,6H2,1-2H3,(H,13,17)(H,14,15,16). The van der Waals surface area contributed by atoms with Crippen molar-refractivity contribution < 1.29 is 4.79 Å². The van der Waals surface area contributed by atoms with E-state index >= 15 is 0 Å². The van der Waals surface area contributed by atoms with E-state index in [1.54, 1.807) is 13.0 Å². The number of H-pyrrole nitrogens is 1. The minimum Gasteiger partial charge on any atom is -0.346 e. The molecule has 0 saturated heterocycles. The molecule has 2 aromatic rings. The second-order valence-corrected chi connectivity index (χ2v) is 5.20. The highest BCUT2D eigenvalue weighted by molar-refractivity contribution is 7.13. The van der Waals surface area contributed by atoms with E-state index < -0.39 is 0 Å². The molecule has 0 unspecified atom stereocenters. The summed E-state index contributed by atoms with van der Waals surface area (Å²) in [7, 11) is 0. The van der Waals surface area contributed by atoms with E-state index in [0.717, 1.165) is 4.88 Å². The SMILES string of the molecule is Cc1nc(CNC(=O)c2ccc(C)s2)cc(=O)[nH]1. The van der Waals surface area contributed by atoms with Gasteiger partial charge in [0.1, 0.15) is 5.82 Å². The van der Waals surface area contributed by atoms with Crippen LogP contribution >= 0.6 is 11.3 Å². The molecule has 94 valence electrons. The first-order chi connectivity index (χ1) is 8.54. The van der Waals surface area contributed by atoms with Crippen molar-refractivity contribution >= 4 is 17.2 Å². The largest absolute Gasteiger partial charge is 0.346 e. The molecule has 0 aliphatic rings. The molecule has 0 radical (unpaired) electrons. The maximum Gasteiger partial charge on any atom is 0.261 e. The molecular formula is C12H13N3O2S. The third-order valence-electron chi connectivity index (χ3n) is 2.31. The molecule has 0 bridgehead atoms. The van der Waals surface area contributed by atoms with Crippen LogP contribution < -0.4 is 10.9 Å². The van der Waals surface area contributed by atoms with Gasteiger partial charge < -0.3 is 10.3 Å². The first-order valence-electron chi connectivity index (χ1n) is 5.46. The number of aromatic nitrogens is 2. The number of amides is 1. The van der Waals surface area contributed by atoms with Crippen LogP contribution in [-0.4, -0.2) is 15.9 Å². The number of hydrogen-bond donors (Lipinski definition) is 2. The van der Waals surface area contributed by atoms with Crippen LogP contribution in [0.1, 0.15) is 26.1 Å². The molecule has 2 heterocycles. The molecule has 2 rings (SSSR count). The zero-order valence-electron chi connectivity index (χ0n) is 10.1. The monoisotopic (exact) mass is 263 g/mol. The van der Waals surface area contributed by atoms with Crippen LogP contribution in [0.15, 0.2) is 23.0 Å². The van der Waals surface area contributed by atoms with Crippen LogP contribution in [0.5, 0.6) is 0 Å². The number of hydrogen-bond acceptors (Lipinski definition) is 4. The molecule has 5 nitrogen and oxygen atoms in total. The Morgan fingerprint density at radius 2 is 2.22 bits per heavy atom. The van der Waals surface area contributed by atoms with Gasteiger partial charge in [-0.3, -0.25) is 9.59 Å². The van der Waals surface area contributed by atoms with Crippen LogP contribution in [0, 0.1) is 13.8 Å². The first-order valence-corrected chi connectivity index (χ1v) is 6.28. The summed E-state index contributed by atoms with van der Waals surface area (Å²) in [6.07, 6.45) is 0. The third-order valence-corrected chi connectivity index (χ3v) is 3.31. The Morgan fingerprint density at radius 3 is 2.83 bits per heavy atom. The number of carbonyl (C=O) groups excluding carboxylic acids is 1. The molecule has 0 spiro atoms. The number of thiophene rings is 1. The van der Waals surface area contributed by atoms with Gasteiger partial charge in [0.15, 0.2) is 0 Å². The average Bonchev–Trinajstić information content (AvgIpc) is 2.71. The van der Waals surface area contributed by atoms with Crippen LogP contribution in [-0.2, 0) is 6.54 Å². The van der Waals surface area contributed by atoms with Gasteiger partial charge in [-0.25, -0.2) is 4.98 Å². The first kappa shape index (κ1) is 12.5. The van der Waals surface area contributed by atoms with Crippen molar-refractivity contribution in [3.63, 3.8) is 0 Å². The van der Waals surface area contributed by atoms with E-state index in [2.05, 4.69) is 15.3 Å². The molecule has 0 aliphatic heterocycles. The zero-order valence-corrected chi connectivity index (χ0v) is 10.9. The number of nitrogens with zero attached hydrogens (tertiary/aromatic N) is 1. The van der Waals surface area contributed by atoms with Gasteiger partial charge in [-0.05, 0) is 26.0 Å². The Labute approximate surface area is 108 Å². The summed E-state index contributed by atoms with van der Waals surface area (Å²) in [5, 5.41) is 2.74. The van der Waals surface area contributed by atoms with Gasteiger partial charge in [0.25, 0.3) is 11.5 Å². The van der Waals surface area contributed by atoms with Crippen molar-refractivity contribution in [2.75, 3.05) is 0 Å². The average molecular weight is 263 g/mol. The summed E-state index contributed by atoms with van der Waals surface area (Å²) < 4.78 is 0. The minimum absolute atomic E-state index is 0.146. The summed E-state index contributed by atoms with van der Waals surface area (Å²) in [6.45, 7) is 3.90. The lowest BCUT2D eigenvalue weighted by atomic mass is 10.3. The molecular weight excluding hydrogens is 250 g/mol. The number of carbonyl (C=O) groups is 1. The van der Waals surface area contributed by atoms with Crippen molar-refractivity contribution in [2.45, 2.75) is 20.4 Å². The second kappa shape index (κ2) is 5.14. The summed E-state index contributed by atoms with van der Waals surface area (Å²) in [4.78, 5) is 31.5. The van der Waals surface area contributed by atoms with Gasteiger partial charge >= 0.3 is 0 Å². The summed E-state index contributed by atoms with van der Waals surface area (Å²) in [5.74, 6) is 0.395. The normalized spacial score (nSPS) is 10.3. The molecule has 0 aromatic carbocycles. The van der Waals surface area contributed by atoms with Crippen LogP contribution in [0.25, 0.3) is 0 Å². The van der Waals surface area contributed by atoms with Gasteiger partial charge in [0.05, 0.1) is 17.1 Å². The highest BCUT2D eigenvalue weighted by atomic mass is 32.1. The number of nitrogens with one attached hydrogen (secondary N) is 2. The molecule has 2 N–H and O–H groups in total. The summed E-state index contributed by atoms with van der Waals surface area (Å²) in [5.41, 5.74) is 0.344. The van der Waals surface area contributed by atoms with Crippen molar-refractivity contribution in [3.05, 3.63) is 49.8 Å². The zero-order chi connectivity index (χ0) is 13.1. The Kier molecular flexibility index (Phi) is 3.57. The lowest BCUT2D eigenvalue weighted by Crippen LogP contribution is -2.24. The Hall–Kier alpha value is -1.95. The van der Waals surface area contributed by atoms with E-state index in [1.807, 2.05) is 13.0 Å². The summed E-state index contributed by atoms with van der Waals surface area (Å²) in [6, 6.07) is 5.06. The lowest BCUT2D eigenvalue weighted by Gasteiger charge is -2.03. The van der Waals surface area contributed by atoms with E-state index in [9.17, 15) is 9.59 Å². The van der Waals surface area contributed by atoms with Crippen molar-refractivity contribution in [3.8, 4) is 0 Å². The van der Waals surface area contributed by atoms with Crippen LogP contribution in [0.4, 0.5) is 0 Å². The maximum absolute atomic E-state index is 11.8. The fourth-order valence-electron chi connectivity index (χ4n) is 1.55. The molecule has 2 aromatic heterocycles. The molecule has 0 saturated carbocycles. The van der Waals surface area contributed by atoms with E-state index in [0.29, 0.717) is 16.4 Å². The van der Waals surface area contributed by atoms with Gasteiger partial charge in [0, 0.05) is 10.9 Å². The number of rotatable bonds is 3. The Bertz CT molecular complexity index is 630. The van der Waals surface area contributed by atoms with Crippen molar-refractivity contribution in [1.82, 2.24) is 15.3 Å². The van der Waals surface area contributed by atoms with E-state index in [1.165, 1.54) is 17.4 Å². The minimum atomic E-state index is -0.210. The molecule has 18 heavy (non-hydrogen) atoms. The van der Waals surface area contributed by atoms with Crippen LogP contribution in [0.3, 0.4) is 0 Å². The highest BCUT2D eigenvalue weighted by Gasteiger charge is 2.08. The van der Waals surface area contributed by atoms with Crippen molar-refractivity contribution in [2.24, 2.45) is 0 Å². The van der Waals surface area contributed by atoms with Crippen LogP contribution in [0.2, 0.25) is 0 Å². The fraction of sp³-hybridized carbons (Fsp3) is 0.250. The fourth-order valence-corrected chi connectivity index (χ4v) is 2.33. The molecule has 0 atom stereocenters. The third kappa shape index (κ3) is 3.04. The Balaban J connectivity index is 2.03. The second-order valence-electron chi connectivity index (χ2n) is 3.92. The molecule has 1 amide bonds. The molecule has 0 fully saturated rings. The topological polar surface area (TPSA) is 74.8 Å². The van der Waals surface area contributed by atoms with Gasteiger partial charge in [-0.2, -0.15) is 0 Å². The van der Waals surface area contributed by atoms with Gasteiger partial charge in [0.2, 0.25) is 0 Å². The molecule has 0 aliphatic carbocycles. The maximum atomic E-state index is 11.8. The predicted octanol–water partition coefficient (Wildman–Crippen LogP) is 1.38. The Morgan fingerprint density at radius 1 is 1.44 bits per heavy atom. The van der Waals surface area contributed by atoms with E-state index in [-0.39, 0.29) is 18.0 Å². The number of aromatic amines is 1. The predicted molar refractivity (Wildman–Crippen MR) is 69.8 cm³/mol. The van der Waals surface area contributed by atoms with Crippen molar-refractivity contribution in [1.29, 1.82) is 0 Å². The van der Waals surface area contributed by atoms with Gasteiger partial charge in [-0.1, -0.05) is 0 Å². The lowest BCUT2D eigenvalue weighted by molar-refractivity contribution is 0.0954. The van der Waals surface area contributed by atoms with E-state index in [4.69, 9.17) is 0 Å². The van der Waals surface area contributed by atoms with Gasteiger partial charge in [-0.15, -0.1) is 11.3 Å². The summed E-state index contributed by atoms with van der Waals surface area (Å²) >= 11 is 1.44. The molecule has 6 heteroatoms. The quantitative estimate of drug-likeness (QED) is 0.878. The highest BCUT2D eigenvalue weighted by Crippen LogP contribution is 2.14. The number of aryl methyl sites for hydroxylation is 2.